The summed E-state index contributed by atoms with van der Waals surface area (Å²) in [5.74, 6) is 0.658. The van der Waals surface area contributed by atoms with Gasteiger partial charge in [-0.2, -0.15) is 0 Å². The van der Waals surface area contributed by atoms with Gasteiger partial charge < -0.3 is 4.74 Å². The van der Waals surface area contributed by atoms with Crippen molar-refractivity contribution in [1.82, 2.24) is 0 Å². The number of carbonyl (C=O) groups excluding carboxylic acids is 1. The molecule has 1 aromatic rings. The first-order chi connectivity index (χ1) is 6.29. The Morgan fingerprint density at radius 2 is 2.15 bits per heavy atom. The smallest absolute Gasteiger partial charge is 0.144 e. The predicted molar refractivity (Wildman–Crippen MR) is 52.9 cm³/mol. The Morgan fingerprint density at radius 3 is 2.77 bits per heavy atom. The zero-order valence-electron chi connectivity index (χ0n) is 7.16. The fourth-order valence-electron chi connectivity index (χ4n) is 0.991. The van der Waals surface area contributed by atoms with Crippen LogP contribution in [0.4, 0.5) is 0 Å². The lowest BCUT2D eigenvalue weighted by atomic mass is 10.2. The van der Waals surface area contributed by atoms with E-state index < -0.39 is 0 Å². The Bertz CT molecular complexity index is 331. The highest BCUT2D eigenvalue weighted by molar-refractivity contribution is 6.50. The van der Waals surface area contributed by atoms with Gasteiger partial charge in [-0.25, -0.2) is 0 Å². The second kappa shape index (κ2) is 4.67. The molecule has 68 valence electrons. The molecule has 0 amide bonds. The molecular formula is C10H9ClO2. The Kier molecular flexibility index (Phi) is 3.53. The van der Waals surface area contributed by atoms with E-state index in [9.17, 15) is 4.79 Å². The van der Waals surface area contributed by atoms with Gasteiger partial charge in [-0.3, -0.25) is 4.79 Å². The van der Waals surface area contributed by atoms with Crippen LogP contribution in [0, 0.1) is 0 Å². The Labute approximate surface area is 81.8 Å². The molecule has 0 aliphatic heterocycles. The molecule has 0 spiro atoms. The van der Waals surface area contributed by atoms with E-state index in [0.29, 0.717) is 17.1 Å². The topological polar surface area (TPSA) is 26.3 Å². The van der Waals surface area contributed by atoms with Crippen molar-refractivity contribution in [2.24, 2.45) is 0 Å². The SMILES string of the molecule is COc1ccccc1/C(Cl)=C/C=O. The van der Waals surface area contributed by atoms with Crippen molar-refractivity contribution in [2.45, 2.75) is 0 Å². The Morgan fingerprint density at radius 1 is 1.46 bits per heavy atom. The van der Waals surface area contributed by atoms with Crippen molar-refractivity contribution in [1.29, 1.82) is 0 Å². The molecule has 1 aromatic carbocycles. The van der Waals surface area contributed by atoms with E-state index >= 15 is 0 Å². The van der Waals surface area contributed by atoms with E-state index in [-0.39, 0.29) is 0 Å². The summed E-state index contributed by atoms with van der Waals surface area (Å²) in [7, 11) is 1.56. The molecule has 0 aliphatic rings. The summed E-state index contributed by atoms with van der Waals surface area (Å²) in [6.45, 7) is 0. The van der Waals surface area contributed by atoms with Crippen LogP contribution < -0.4 is 4.74 Å². The third kappa shape index (κ3) is 2.33. The second-order valence-electron chi connectivity index (χ2n) is 2.35. The summed E-state index contributed by atoms with van der Waals surface area (Å²) in [5, 5.41) is 0.382. The fourth-order valence-corrected chi connectivity index (χ4v) is 1.20. The van der Waals surface area contributed by atoms with E-state index in [1.54, 1.807) is 19.2 Å². The third-order valence-corrected chi connectivity index (χ3v) is 1.91. The predicted octanol–water partition coefficient (Wildman–Crippen LogP) is 2.47. The molecule has 0 aromatic heterocycles. The summed E-state index contributed by atoms with van der Waals surface area (Å²) in [6.07, 6.45) is 1.94. The molecule has 2 nitrogen and oxygen atoms in total. The van der Waals surface area contributed by atoms with Gasteiger partial charge in [0.1, 0.15) is 12.0 Å². The molecule has 1 rings (SSSR count). The highest BCUT2D eigenvalue weighted by atomic mass is 35.5. The number of methoxy groups -OCH3 is 1. The number of para-hydroxylation sites is 1. The Hall–Kier alpha value is -1.28. The lowest BCUT2D eigenvalue weighted by Gasteiger charge is -2.05. The maximum absolute atomic E-state index is 10.2. The number of hydrogen-bond acceptors (Lipinski definition) is 2. The number of allylic oxidation sites excluding steroid dienone is 1. The van der Waals surface area contributed by atoms with E-state index in [1.165, 1.54) is 6.08 Å². The van der Waals surface area contributed by atoms with Crippen molar-refractivity contribution in [2.75, 3.05) is 7.11 Å². The lowest BCUT2D eigenvalue weighted by molar-refractivity contribution is -0.104. The standard InChI is InChI=1S/C10H9ClO2/c1-13-10-5-3-2-4-8(10)9(11)6-7-12/h2-7H,1H3/b9-6-. The third-order valence-electron chi connectivity index (χ3n) is 1.58. The number of halogens is 1. The van der Waals surface area contributed by atoms with E-state index in [4.69, 9.17) is 16.3 Å². The maximum Gasteiger partial charge on any atom is 0.144 e. The molecule has 0 N–H and O–H groups in total. The van der Waals surface area contributed by atoms with Gasteiger partial charge >= 0.3 is 0 Å². The molecule has 13 heavy (non-hydrogen) atoms. The van der Waals surface area contributed by atoms with Crippen LogP contribution in [0.15, 0.2) is 30.3 Å². The van der Waals surface area contributed by atoms with Crippen LogP contribution in [0.25, 0.3) is 5.03 Å². The lowest BCUT2D eigenvalue weighted by Crippen LogP contribution is -1.87. The van der Waals surface area contributed by atoms with Gasteiger partial charge in [-0.05, 0) is 18.2 Å². The summed E-state index contributed by atoms with van der Waals surface area (Å²) in [5.41, 5.74) is 0.721. The van der Waals surface area contributed by atoms with Gasteiger partial charge in [0.2, 0.25) is 0 Å². The van der Waals surface area contributed by atoms with Gasteiger partial charge in [0.15, 0.2) is 0 Å². The molecule has 0 radical (unpaired) electrons. The van der Waals surface area contributed by atoms with E-state index in [1.807, 2.05) is 12.1 Å². The molecule has 0 saturated carbocycles. The molecule has 0 heterocycles. The normalized spacial score (nSPS) is 11.1. The van der Waals surface area contributed by atoms with Gasteiger partial charge in [-0.1, -0.05) is 23.7 Å². The number of aldehydes is 1. The van der Waals surface area contributed by atoms with Crippen molar-refractivity contribution in [3.63, 3.8) is 0 Å². The maximum atomic E-state index is 10.2. The first-order valence-corrected chi connectivity index (χ1v) is 4.11. The average molecular weight is 197 g/mol. The summed E-state index contributed by atoms with van der Waals surface area (Å²) in [4.78, 5) is 10.2. The molecule has 0 aliphatic carbocycles. The quantitative estimate of drug-likeness (QED) is 0.549. The second-order valence-corrected chi connectivity index (χ2v) is 2.76. The fraction of sp³-hybridized carbons (Fsp3) is 0.100. The molecular weight excluding hydrogens is 188 g/mol. The molecule has 0 bridgehead atoms. The van der Waals surface area contributed by atoms with Gasteiger partial charge in [0.25, 0.3) is 0 Å². The highest BCUT2D eigenvalue weighted by Crippen LogP contribution is 2.27. The number of hydrogen-bond donors (Lipinski definition) is 0. The van der Waals surface area contributed by atoms with Crippen molar-refractivity contribution < 1.29 is 9.53 Å². The monoisotopic (exact) mass is 196 g/mol. The summed E-state index contributed by atoms with van der Waals surface area (Å²) < 4.78 is 5.07. The van der Waals surface area contributed by atoms with Crippen molar-refractivity contribution >= 4 is 22.9 Å². The number of carbonyl (C=O) groups is 1. The van der Waals surface area contributed by atoms with Crippen LogP contribution in [-0.4, -0.2) is 13.4 Å². The first kappa shape index (κ1) is 9.81. The van der Waals surface area contributed by atoms with Crippen LogP contribution in [0.3, 0.4) is 0 Å². The first-order valence-electron chi connectivity index (χ1n) is 3.74. The number of rotatable bonds is 3. The summed E-state index contributed by atoms with van der Waals surface area (Å²) >= 11 is 5.84. The Balaban J connectivity index is 3.12. The van der Waals surface area contributed by atoms with Gasteiger partial charge in [0.05, 0.1) is 12.1 Å². The minimum atomic E-state index is 0.382. The van der Waals surface area contributed by atoms with E-state index in [2.05, 4.69) is 0 Å². The van der Waals surface area contributed by atoms with Crippen LogP contribution in [0.5, 0.6) is 5.75 Å². The number of benzene rings is 1. The van der Waals surface area contributed by atoms with Crippen LogP contribution >= 0.6 is 11.6 Å². The van der Waals surface area contributed by atoms with Crippen molar-refractivity contribution in [3.8, 4) is 5.75 Å². The zero-order chi connectivity index (χ0) is 9.68. The van der Waals surface area contributed by atoms with Crippen LogP contribution in [-0.2, 0) is 4.79 Å². The summed E-state index contributed by atoms with van der Waals surface area (Å²) in [6, 6.07) is 7.25. The number of ether oxygens (including phenoxy) is 1. The van der Waals surface area contributed by atoms with Gasteiger partial charge in [-0.15, -0.1) is 0 Å². The molecule has 0 saturated heterocycles. The van der Waals surface area contributed by atoms with E-state index in [0.717, 1.165) is 5.56 Å². The molecule has 0 atom stereocenters. The molecule has 0 fully saturated rings. The largest absolute Gasteiger partial charge is 0.496 e. The van der Waals surface area contributed by atoms with Crippen LogP contribution in [0.1, 0.15) is 5.56 Å². The minimum absolute atomic E-state index is 0.382. The molecule has 3 heteroatoms. The van der Waals surface area contributed by atoms with Gasteiger partial charge in [0, 0.05) is 5.56 Å². The molecule has 0 unspecified atom stereocenters. The minimum Gasteiger partial charge on any atom is -0.496 e. The highest BCUT2D eigenvalue weighted by Gasteiger charge is 2.03. The zero-order valence-corrected chi connectivity index (χ0v) is 7.91. The van der Waals surface area contributed by atoms with Crippen molar-refractivity contribution in [3.05, 3.63) is 35.9 Å². The van der Waals surface area contributed by atoms with Crippen LogP contribution in [0.2, 0.25) is 0 Å². The average Bonchev–Trinajstić information content (AvgIpc) is 2.18.